The van der Waals surface area contributed by atoms with Gasteiger partial charge >= 0.3 is 0 Å². The Hall–Kier alpha value is -2.16. The third-order valence-corrected chi connectivity index (χ3v) is 4.35. The lowest BCUT2D eigenvalue weighted by Gasteiger charge is -2.28. The van der Waals surface area contributed by atoms with Crippen LogP contribution in [0.25, 0.3) is 0 Å². The molecule has 0 heterocycles. The van der Waals surface area contributed by atoms with E-state index in [0.29, 0.717) is 17.4 Å². The van der Waals surface area contributed by atoms with E-state index >= 15 is 0 Å². The van der Waals surface area contributed by atoms with Gasteiger partial charge in [0.15, 0.2) is 0 Å². The highest BCUT2D eigenvalue weighted by Gasteiger charge is 2.23. The molecular weight excluding hydrogens is 262 g/mol. The Morgan fingerprint density at radius 2 is 1.67 bits per heavy atom. The summed E-state index contributed by atoms with van der Waals surface area (Å²) in [6.07, 6.45) is 3.05. The molecule has 2 aromatic rings. The Bertz CT molecular complexity index is 664. The molecule has 0 spiro atoms. The number of hydrogen-bond donors (Lipinski definition) is 2. The first kappa shape index (κ1) is 13.8. The smallest absolute Gasteiger partial charge is 0.117 e. The summed E-state index contributed by atoms with van der Waals surface area (Å²) in [6, 6.07) is 11.3. The van der Waals surface area contributed by atoms with E-state index in [1.54, 1.807) is 12.1 Å². The average Bonchev–Trinajstić information content (AvgIpc) is 2.46. The number of phenolic OH excluding ortho intramolecular Hbond substituents is 2. The molecule has 2 N–H and O–H groups in total. The van der Waals surface area contributed by atoms with Crippen LogP contribution in [0.15, 0.2) is 36.4 Å². The minimum absolute atomic E-state index is 0.309. The van der Waals surface area contributed by atoms with Crippen LogP contribution in [0.5, 0.6) is 11.5 Å². The lowest BCUT2D eigenvalue weighted by molar-refractivity contribution is 0.471. The molecule has 3 nitrogen and oxygen atoms in total. The van der Waals surface area contributed by atoms with Crippen molar-refractivity contribution >= 4 is 5.69 Å². The summed E-state index contributed by atoms with van der Waals surface area (Å²) in [4.78, 5) is 2.06. The van der Waals surface area contributed by atoms with E-state index in [1.807, 2.05) is 38.4 Å². The molecule has 1 unspecified atom stereocenters. The van der Waals surface area contributed by atoms with Gasteiger partial charge in [-0.05, 0) is 60.1 Å². The Morgan fingerprint density at radius 3 is 2.43 bits per heavy atom. The lowest BCUT2D eigenvalue weighted by atomic mass is 9.79. The summed E-state index contributed by atoms with van der Waals surface area (Å²) in [6.45, 7) is 0. The third-order valence-electron chi connectivity index (χ3n) is 4.35. The summed E-state index contributed by atoms with van der Waals surface area (Å²) in [5, 5.41) is 19.3. The number of anilines is 1. The highest BCUT2D eigenvalue weighted by molar-refractivity contribution is 5.58. The highest BCUT2D eigenvalue weighted by Crippen LogP contribution is 2.38. The van der Waals surface area contributed by atoms with Gasteiger partial charge in [-0.1, -0.05) is 12.1 Å². The Balaban J connectivity index is 1.94. The van der Waals surface area contributed by atoms with Crippen LogP contribution in [-0.4, -0.2) is 24.3 Å². The highest BCUT2D eigenvalue weighted by atomic mass is 16.3. The molecule has 1 aliphatic rings. The number of benzene rings is 2. The fourth-order valence-electron chi connectivity index (χ4n) is 3.27. The molecule has 0 amide bonds. The van der Waals surface area contributed by atoms with Crippen LogP contribution in [0, 0.1) is 0 Å². The first-order valence-corrected chi connectivity index (χ1v) is 7.35. The summed E-state index contributed by atoms with van der Waals surface area (Å²) >= 11 is 0. The molecule has 0 saturated heterocycles. The maximum absolute atomic E-state index is 9.72. The van der Waals surface area contributed by atoms with Crippen LogP contribution in [0.2, 0.25) is 0 Å². The van der Waals surface area contributed by atoms with Gasteiger partial charge in [0.05, 0.1) is 0 Å². The predicted molar refractivity (Wildman–Crippen MR) is 85.3 cm³/mol. The third kappa shape index (κ3) is 2.68. The number of aromatic hydroxyl groups is 2. The normalized spacial score (nSPS) is 17.3. The Kier molecular flexibility index (Phi) is 3.50. The van der Waals surface area contributed by atoms with Crippen LogP contribution in [-0.2, 0) is 12.8 Å². The first-order chi connectivity index (χ1) is 10.0. The molecule has 110 valence electrons. The largest absolute Gasteiger partial charge is 0.508 e. The molecule has 0 aliphatic heterocycles. The quantitative estimate of drug-likeness (QED) is 0.887. The number of hydrogen-bond acceptors (Lipinski definition) is 3. The molecule has 3 heteroatoms. The Labute approximate surface area is 125 Å². The molecule has 0 aromatic heterocycles. The van der Waals surface area contributed by atoms with Crippen LogP contribution in [0.4, 0.5) is 5.69 Å². The van der Waals surface area contributed by atoms with Crippen molar-refractivity contribution in [1.29, 1.82) is 0 Å². The molecule has 2 aromatic carbocycles. The fourth-order valence-corrected chi connectivity index (χ4v) is 3.27. The fraction of sp³-hybridized carbons (Fsp3) is 0.333. The van der Waals surface area contributed by atoms with E-state index in [0.717, 1.165) is 24.9 Å². The van der Waals surface area contributed by atoms with Crippen molar-refractivity contribution in [1.82, 2.24) is 0 Å². The molecule has 1 atom stereocenters. The summed E-state index contributed by atoms with van der Waals surface area (Å²) in [5.41, 5.74) is 4.96. The molecule has 1 aliphatic carbocycles. The second kappa shape index (κ2) is 5.32. The van der Waals surface area contributed by atoms with Crippen molar-refractivity contribution in [3.63, 3.8) is 0 Å². The van der Waals surface area contributed by atoms with Crippen molar-refractivity contribution in [2.24, 2.45) is 0 Å². The van der Waals surface area contributed by atoms with Gasteiger partial charge in [-0.25, -0.2) is 0 Å². The first-order valence-electron chi connectivity index (χ1n) is 7.35. The summed E-state index contributed by atoms with van der Waals surface area (Å²) in [5.74, 6) is 1.12. The van der Waals surface area contributed by atoms with Gasteiger partial charge in [0, 0.05) is 25.8 Å². The van der Waals surface area contributed by atoms with E-state index in [9.17, 15) is 10.2 Å². The maximum Gasteiger partial charge on any atom is 0.117 e. The van der Waals surface area contributed by atoms with Gasteiger partial charge in [-0.3, -0.25) is 0 Å². The van der Waals surface area contributed by atoms with Gasteiger partial charge in [0.1, 0.15) is 11.5 Å². The monoisotopic (exact) mass is 283 g/mol. The number of aryl methyl sites for hydroxylation is 1. The van der Waals surface area contributed by atoms with Gasteiger partial charge in [-0.2, -0.15) is 0 Å². The standard InChI is InChI=1S/C18H21NO2/c1-19(2)18-11-16(21)7-8-17(18)14-4-3-13-10-15(20)6-5-12(13)9-14/h5-8,10-11,14,20-21H,3-4,9H2,1-2H3. The van der Waals surface area contributed by atoms with Gasteiger partial charge in [-0.15, -0.1) is 0 Å². The van der Waals surface area contributed by atoms with Crippen LogP contribution in [0.1, 0.15) is 29.0 Å². The zero-order valence-electron chi connectivity index (χ0n) is 12.5. The molecule has 0 bridgehead atoms. The Morgan fingerprint density at radius 1 is 0.952 bits per heavy atom. The number of rotatable bonds is 2. The summed E-state index contributed by atoms with van der Waals surface area (Å²) in [7, 11) is 4.01. The topological polar surface area (TPSA) is 43.7 Å². The second-order valence-electron chi connectivity index (χ2n) is 6.03. The number of phenols is 2. The minimum atomic E-state index is 0.309. The van der Waals surface area contributed by atoms with Crippen molar-refractivity contribution in [3.05, 3.63) is 53.1 Å². The molecule has 3 rings (SSSR count). The van der Waals surface area contributed by atoms with Gasteiger partial charge in [0.25, 0.3) is 0 Å². The van der Waals surface area contributed by atoms with Crippen molar-refractivity contribution < 1.29 is 10.2 Å². The summed E-state index contributed by atoms with van der Waals surface area (Å²) < 4.78 is 0. The van der Waals surface area contributed by atoms with E-state index in [2.05, 4.69) is 4.90 Å². The van der Waals surface area contributed by atoms with Gasteiger partial charge < -0.3 is 15.1 Å². The van der Waals surface area contributed by atoms with Crippen molar-refractivity contribution in [2.75, 3.05) is 19.0 Å². The average molecular weight is 283 g/mol. The molecule has 0 radical (unpaired) electrons. The molecule has 0 fully saturated rings. The van der Waals surface area contributed by atoms with E-state index in [4.69, 9.17) is 0 Å². The zero-order chi connectivity index (χ0) is 15.0. The second-order valence-corrected chi connectivity index (χ2v) is 6.03. The van der Waals surface area contributed by atoms with Crippen LogP contribution >= 0.6 is 0 Å². The number of fused-ring (bicyclic) bond motifs is 1. The van der Waals surface area contributed by atoms with Crippen LogP contribution in [0.3, 0.4) is 0 Å². The van der Waals surface area contributed by atoms with Crippen molar-refractivity contribution in [3.8, 4) is 11.5 Å². The SMILES string of the molecule is CN(C)c1cc(O)ccc1C1CCc2cc(O)ccc2C1. The number of nitrogens with zero attached hydrogens (tertiary/aromatic N) is 1. The lowest BCUT2D eigenvalue weighted by Crippen LogP contribution is -2.17. The molecular formula is C18H21NO2. The van der Waals surface area contributed by atoms with E-state index in [1.165, 1.54) is 16.7 Å². The van der Waals surface area contributed by atoms with Crippen molar-refractivity contribution in [2.45, 2.75) is 25.2 Å². The van der Waals surface area contributed by atoms with E-state index < -0.39 is 0 Å². The predicted octanol–water partition coefficient (Wildman–Crippen LogP) is 3.44. The van der Waals surface area contributed by atoms with Gasteiger partial charge in [0.2, 0.25) is 0 Å². The molecule has 0 saturated carbocycles. The molecule has 21 heavy (non-hydrogen) atoms. The van der Waals surface area contributed by atoms with Crippen LogP contribution < -0.4 is 4.90 Å². The zero-order valence-corrected chi connectivity index (χ0v) is 12.5. The van der Waals surface area contributed by atoms with E-state index in [-0.39, 0.29) is 0 Å². The maximum atomic E-state index is 9.72. The minimum Gasteiger partial charge on any atom is -0.508 e.